The number of nitrogens with zero attached hydrogens (tertiary/aromatic N) is 4. The van der Waals surface area contributed by atoms with E-state index in [2.05, 4.69) is 25.7 Å². The van der Waals surface area contributed by atoms with Crippen LogP contribution in [0.4, 0.5) is 24.8 Å². The van der Waals surface area contributed by atoms with Gasteiger partial charge < -0.3 is 10.6 Å². The Kier molecular flexibility index (Phi) is 5.02. The molecule has 2 N–H and O–H groups in total. The highest BCUT2D eigenvalue weighted by Crippen LogP contribution is 2.44. The maximum Gasteiger partial charge on any atom is 0.420 e. The summed E-state index contributed by atoms with van der Waals surface area (Å²) in [7, 11) is -3.55. The Balaban J connectivity index is 1.53. The first kappa shape index (κ1) is 21.3. The lowest BCUT2D eigenvalue weighted by atomic mass is 10.2. The number of nitrogens with one attached hydrogen (secondary N) is 2. The van der Waals surface area contributed by atoms with Gasteiger partial charge in [-0.3, -0.25) is 4.68 Å². The van der Waals surface area contributed by atoms with Crippen LogP contribution in [-0.2, 0) is 16.0 Å². The highest BCUT2D eigenvalue weighted by atomic mass is 32.2. The zero-order chi connectivity index (χ0) is 22.7. The third-order valence-corrected chi connectivity index (χ3v) is 7.61. The molecule has 2 aliphatic rings. The molecule has 0 atom stereocenters. The van der Waals surface area contributed by atoms with Gasteiger partial charge in [0.2, 0.25) is 5.95 Å². The number of thiophene rings is 1. The van der Waals surface area contributed by atoms with Crippen LogP contribution in [0.2, 0.25) is 0 Å². The summed E-state index contributed by atoms with van der Waals surface area (Å²) in [5.41, 5.74) is 0.146. The molecule has 0 unspecified atom stereocenters. The maximum absolute atomic E-state index is 13.6. The van der Waals surface area contributed by atoms with E-state index < -0.39 is 21.6 Å². The molecule has 1 aliphatic heterocycles. The van der Waals surface area contributed by atoms with Crippen molar-refractivity contribution in [3.05, 3.63) is 35.1 Å². The summed E-state index contributed by atoms with van der Waals surface area (Å²) in [6.07, 6.45) is 0.901. The highest BCUT2D eigenvalue weighted by Gasteiger charge is 2.36. The summed E-state index contributed by atoms with van der Waals surface area (Å²) >= 11 is 0.891. The van der Waals surface area contributed by atoms with Crippen LogP contribution in [0.5, 0.6) is 0 Å². The molecule has 1 saturated heterocycles. The number of rotatable bonds is 6. The van der Waals surface area contributed by atoms with E-state index in [1.807, 2.05) is 10.9 Å². The minimum absolute atomic E-state index is 0.00418. The van der Waals surface area contributed by atoms with Crippen LogP contribution in [0.1, 0.15) is 36.1 Å². The van der Waals surface area contributed by atoms with Gasteiger partial charge in [0.15, 0.2) is 9.84 Å². The fourth-order valence-electron chi connectivity index (χ4n) is 3.40. The molecule has 3 aromatic heterocycles. The number of alkyl halides is 3. The SMILES string of the molecule is CS(=O)(=O)c1csc(-c2nc(Nc3cn(C4CNC4)nc3C3CC3)ncc2C(F)(F)F)c1. The standard InChI is InChI=1S/C19H19F3N6O2S2/c1-32(29,30)12-4-15(31-9-12)17-13(19(20,21)22)7-24-18(26-17)25-14-8-28(11-5-23-6-11)27-16(14)10-2-3-10/h4,7-11,23H,2-3,5-6H2,1H3,(H,24,25,26). The molecule has 1 saturated carbocycles. The van der Waals surface area contributed by atoms with E-state index in [4.69, 9.17) is 0 Å². The number of hydrogen-bond acceptors (Lipinski definition) is 8. The maximum atomic E-state index is 13.6. The summed E-state index contributed by atoms with van der Waals surface area (Å²) in [5.74, 6) is 0.311. The lowest BCUT2D eigenvalue weighted by Crippen LogP contribution is -2.43. The van der Waals surface area contributed by atoms with Gasteiger partial charge >= 0.3 is 6.18 Å². The number of halogens is 3. The van der Waals surface area contributed by atoms with Gasteiger partial charge in [-0.25, -0.2) is 18.4 Å². The topological polar surface area (TPSA) is 102 Å². The fraction of sp³-hybridized carbons (Fsp3) is 0.421. The second-order valence-electron chi connectivity index (χ2n) is 7.99. The van der Waals surface area contributed by atoms with Crippen molar-refractivity contribution < 1.29 is 21.6 Å². The fourth-order valence-corrected chi connectivity index (χ4v) is 5.43. The van der Waals surface area contributed by atoms with Crippen LogP contribution in [0.15, 0.2) is 28.7 Å². The van der Waals surface area contributed by atoms with Gasteiger partial charge in [-0.05, 0) is 18.9 Å². The first-order valence-corrected chi connectivity index (χ1v) is 12.7. The first-order chi connectivity index (χ1) is 15.1. The van der Waals surface area contributed by atoms with Gasteiger partial charge in [0.05, 0.1) is 32.9 Å². The summed E-state index contributed by atoms with van der Waals surface area (Å²) in [4.78, 5) is 8.07. The van der Waals surface area contributed by atoms with E-state index in [-0.39, 0.29) is 27.5 Å². The van der Waals surface area contributed by atoms with Gasteiger partial charge in [0.25, 0.3) is 0 Å². The van der Waals surface area contributed by atoms with Crippen molar-refractivity contribution in [3.8, 4) is 10.6 Å². The summed E-state index contributed by atoms with van der Waals surface area (Å²) in [5, 5.41) is 12.2. The van der Waals surface area contributed by atoms with Crippen molar-refractivity contribution in [1.29, 1.82) is 0 Å². The molecule has 2 fully saturated rings. The summed E-state index contributed by atoms with van der Waals surface area (Å²) < 4.78 is 66.3. The molecule has 32 heavy (non-hydrogen) atoms. The van der Waals surface area contributed by atoms with Crippen molar-refractivity contribution in [2.45, 2.75) is 35.9 Å². The minimum Gasteiger partial charge on any atom is -0.321 e. The van der Waals surface area contributed by atoms with E-state index >= 15 is 0 Å². The number of sulfone groups is 1. The zero-order valence-electron chi connectivity index (χ0n) is 16.8. The smallest absolute Gasteiger partial charge is 0.321 e. The molecule has 0 aromatic carbocycles. The van der Waals surface area contributed by atoms with Crippen molar-refractivity contribution >= 4 is 32.8 Å². The van der Waals surface area contributed by atoms with E-state index in [1.54, 1.807) is 0 Å². The lowest BCUT2D eigenvalue weighted by molar-refractivity contribution is -0.137. The minimum atomic E-state index is -4.69. The quantitative estimate of drug-likeness (QED) is 0.551. The van der Waals surface area contributed by atoms with Gasteiger partial charge in [0.1, 0.15) is 5.56 Å². The van der Waals surface area contributed by atoms with Crippen LogP contribution in [0.25, 0.3) is 10.6 Å². The predicted octanol–water partition coefficient (Wildman–Crippen LogP) is 3.59. The molecule has 13 heteroatoms. The van der Waals surface area contributed by atoms with Gasteiger partial charge in [-0.15, -0.1) is 11.3 Å². The van der Waals surface area contributed by atoms with Crippen LogP contribution in [0, 0.1) is 0 Å². The largest absolute Gasteiger partial charge is 0.420 e. The van der Waals surface area contributed by atoms with Crippen LogP contribution >= 0.6 is 11.3 Å². The molecule has 4 heterocycles. The number of hydrogen-bond donors (Lipinski definition) is 2. The van der Waals surface area contributed by atoms with E-state index in [1.165, 1.54) is 11.4 Å². The molecule has 170 valence electrons. The van der Waals surface area contributed by atoms with E-state index in [0.29, 0.717) is 11.6 Å². The average molecular weight is 485 g/mol. The first-order valence-electron chi connectivity index (χ1n) is 9.89. The molecule has 1 aliphatic carbocycles. The molecule has 0 radical (unpaired) electrons. The molecule has 5 rings (SSSR count). The van der Waals surface area contributed by atoms with Crippen LogP contribution in [0.3, 0.4) is 0 Å². The van der Waals surface area contributed by atoms with Crippen molar-refractivity contribution in [2.75, 3.05) is 24.7 Å². The zero-order valence-corrected chi connectivity index (χ0v) is 18.5. The highest BCUT2D eigenvalue weighted by molar-refractivity contribution is 7.90. The van der Waals surface area contributed by atoms with Gasteiger partial charge in [-0.2, -0.15) is 18.3 Å². The molecule has 0 amide bonds. The van der Waals surface area contributed by atoms with Gasteiger partial charge in [0, 0.05) is 43.0 Å². The Labute approximate surface area is 185 Å². The third kappa shape index (κ3) is 4.11. The van der Waals surface area contributed by atoms with Crippen molar-refractivity contribution in [1.82, 2.24) is 25.1 Å². The number of aromatic nitrogens is 4. The summed E-state index contributed by atoms with van der Waals surface area (Å²) in [6.45, 7) is 1.63. The second kappa shape index (κ2) is 7.52. The van der Waals surface area contributed by atoms with Crippen molar-refractivity contribution in [2.24, 2.45) is 0 Å². The Hall–Kier alpha value is -2.51. The predicted molar refractivity (Wildman–Crippen MR) is 113 cm³/mol. The second-order valence-corrected chi connectivity index (χ2v) is 10.9. The normalized spacial score (nSPS) is 17.4. The molecular formula is C19H19F3N6O2S2. The monoisotopic (exact) mass is 484 g/mol. The third-order valence-electron chi connectivity index (χ3n) is 5.44. The van der Waals surface area contributed by atoms with E-state index in [0.717, 1.165) is 55.4 Å². The average Bonchev–Trinajstić information content (AvgIpc) is 3.21. The summed E-state index contributed by atoms with van der Waals surface area (Å²) in [6, 6.07) is 1.45. The van der Waals surface area contributed by atoms with Crippen LogP contribution in [-0.4, -0.2) is 47.5 Å². The Bertz CT molecular complexity index is 1280. The van der Waals surface area contributed by atoms with Crippen LogP contribution < -0.4 is 10.6 Å². The Morgan fingerprint density at radius 1 is 1.28 bits per heavy atom. The number of anilines is 2. The molecule has 0 bridgehead atoms. The Morgan fingerprint density at radius 3 is 2.59 bits per heavy atom. The van der Waals surface area contributed by atoms with Crippen molar-refractivity contribution in [3.63, 3.8) is 0 Å². The molecular weight excluding hydrogens is 465 g/mol. The van der Waals surface area contributed by atoms with E-state index in [9.17, 15) is 21.6 Å². The Morgan fingerprint density at radius 2 is 2.03 bits per heavy atom. The molecule has 0 spiro atoms. The molecule has 8 nitrogen and oxygen atoms in total. The lowest BCUT2D eigenvalue weighted by Gasteiger charge is -2.27. The van der Waals surface area contributed by atoms with Gasteiger partial charge in [-0.1, -0.05) is 0 Å². The molecule has 3 aromatic rings.